The van der Waals surface area contributed by atoms with Crippen LogP contribution in [-0.4, -0.2) is 45.6 Å². The van der Waals surface area contributed by atoms with E-state index in [-0.39, 0.29) is 0 Å². The molecule has 4 nitrogen and oxygen atoms in total. The summed E-state index contributed by atoms with van der Waals surface area (Å²) in [5.74, 6) is -16.0. The first-order chi connectivity index (χ1) is 11.3. The van der Waals surface area contributed by atoms with Crippen molar-refractivity contribution >= 4 is 18.4 Å². The molecule has 0 fully saturated rings. The van der Waals surface area contributed by atoms with Crippen LogP contribution >= 0.6 is 0 Å². The zero-order valence-electron chi connectivity index (χ0n) is 14.7. The minimum Gasteiger partial charge on any atom is -0.405 e. The first kappa shape index (κ1) is 26.0. The summed E-state index contributed by atoms with van der Waals surface area (Å²) in [5.41, 5.74) is -1.87. The Kier molecular flexibility index (Phi) is 6.58. The summed E-state index contributed by atoms with van der Waals surface area (Å²) in [6.07, 6.45) is -7.16. The van der Waals surface area contributed by atoms with Gasteiger partial charge in [0.2, 0.25) is 0 Å². The molecule has 0 amide bonds. The Morgan fingerprint density at radius 3 is 1.52 bits per heavy atom. The van der Waals surface area contributed by atoms with E-state index in [0.717, 1.165) is 13.8 Å². The Labute approximate surface area is 150 Å². The van der Waals surface area contributed by atoms with E-state index in [4.69, 9.17) is 4.43 Å². The molecule has 0 radical (unpaired) electrons. The smallest absolute Gasteiger partial charge is 0.405 e. The summed E-state index contributed by atoms with van der Waals surface area (Å²) in [6.45, 7) is 9.68. The minimum absolute atomic E-state index is 1.05. The molecule has 0 saturated heterocycles. The normalized spacial score (nSPS) is 15.6. The maximum absolute atomic E-state index is 13.6. The molecule has 0 rings (SSSR count). The van der Waals surface area contributed by atoms with Gasteiger partial charge in [-0.05, 0) is 33.5 Å². The highest BCUT2D eigenvalue weighted by molar-refractivity contribution is 7.88. The number of hydrogen-bond acceptors (Lipinski definition) is 4. The van der Waals surface area contributed by atoms with Crippen molar-refractivity contribution in [1.29, 1.82) is 0 Å². The molecular weight excluding hydrogens is 439 g/mol. The van der Waals surface area contributed by atoms with Gasteiger partial charge in [0.15, 0.2) is 8.32 Å². The Hall–Kier alpha value is -0.963. The molecule has 0 spiro atoms. The first-order valence-corrected chi connectivity index (χ1v) is 11.7. The summed E-state index contributed by atoms with van der Waals surface area (Å²) in [7, 11) is -9.53. The van der Waals surface area contributed by atoms with Crippen molar-refractivity contribution in [2.45, 2.75) is 62.4 Å². The molecule has 0 aromatic rings. The van der Waals surface area contributed by atoms with Crippen LogP contribution in [-0.2, 0) is 18.7 Å². The molecule has 0 atom stereocenters. The maximum Gasteiger partial charge on any atom is 0.460 e. The van der Waals surface area contributed by atoms with Gasteiger partial charge >= 0.3 is 33.4 Å². The van der Waals surface area contributed by atoms with Crippen molar-refractivity contribution in [2.24, 2.45) is 0 Å². The molecule has 162 valence electrons. The van der Waals surface area contributed by atoms with Gasteiger partial charge < -0.3 is 8.61 Å². The van der Waals surface area contributed by atoms with E-state index in [0.29, 0.717) is 0 Å². The molecule has 0 heterocycles. The number of alkyl halides is 9. The third-order valence-corrected chi connectivity index (χ3v) is 5.30. The van der Waals surface area contributed by atoms with Gasteiger partial charge in [-0.3, -0.25) is 0 Å². The van der Waals surface area contributed by atoms with Gasteiger partial charge in [0.25, 0.3) is 0 Å². The Morgan fingerprint density at radius 2 is 1.22 bits per heavy atom. The SMILES string of the molecule is C=C(OS(=O)(=O)C(F)(F)C(F)(F)C(F)(F)C(F)(F)F)C(C)(C)O[Si](C)(C)C. The van der Waals surface area contributed by atoms with E-state index in [1.165, 1.54) is 0 Å². The van der Waals surface area contributed by atoms with Crippen LogP contribution in [0.1, 0.15) is 13.8 Å². The third kappa shape index (κ3) is 4.91. The van der Waals surface area contributed by atoms with Crippen LogP contribution in [0, 0.1) is 0 Å². The fourth-order valence-electron chi connectivity index (χ4n) is 1.63. The lowest BCUT2D eigenvalue weighted by Gasteiger charge is -2.36. The van der Waals surface area contributed by atoms with Gasteiger partial charge in [0.05, 0.1) is 0 Å². The average molecular weight is 456 g/mol. The highest BCUT2D eigenvalue weighted by Gasteiger charge is 2.86. The molecule has 0 aromatic carbocycles. The summed E-state index contributed by atoms with van der Waals surface area (Å²) in [6, 6.07) is 0. The number of rotatable bonds is 8. The van der Waals surface area contributed by atoms with Crippen LogP contribution in [0.2, 0.25) is 19.6 Å². The Bertz CT molecular complexity index is 678. The molecule has 0 aliphatic heterocycles. The molecule has 0 bridgehead atoms. The Balaban J connectivity index is 5.99. The molecule has 0 N–H and O–H groups in total. The van der Waals surface area contributed by atoms with E-state index < -0.39 is 53.1 Å². The van der Waals surface area contributed by atoms with E-state index in [1.54, 1.807) is 19.6 Å². The molecular formula is C12H17F9O4SSi. The highest BCUT2D eigenvalue weighted by Crippen LogP contribution is 2.55. The predicted octanol–water partition coefficient (Wildman–Crippen LogP) is 4.90. The predicted molar refractivity (Wildman–Crippen MR) is 78.6 cm³/mol. The molecule has 0 unspecified atom stereocenters. The monoisotopic (exact) mass is 456 g/mol. The van der Waals surface area contributed by atoms with Gasteiger partial charge in [0.1, 0.15) is 11.4 Å². The van der Waals surface area contributed by atoms with Crippen LogP contribution in [0.15, 0.2) is 12.3 Å². The quantitative estimate of drug-likeness (QED) is 0.226. The number of hydrogen-bond donors (Lipinski definition) is 0. The molecule has 0 aliphatic carbocycles. The van der Waals surface area contributed by atoms with Crippen molar-refractivity contribution in [2.75, 3.05) is 0 Å². The Morgan fingerprint density at radius 1 is 0.852 bits per heavy atom. The van der Waals surface area contributed by atoms with Crippen LogP contribution in [0.5, 0.6) is 0 Å². The zero-order chi connectivity index (χ0) is 22.5. The topological polar surface area (TPSA) is 52.6 Å². The zero-order valence-corrected chi connectivity index (χ0v) is 16.5. The lowest BCUT2D eigenvalue weighted by Crippen LogP contribution is -2.63. The standard InChI is InChI=1S/C12H17F9O4SSi/c1-7(8(2,3)25-27(4,5)6)24-26(22,23)12(20,21)10(15,16)9(13,14)11(17,18)19/h1H2,2-6H3. The van der Waals surface area contributed by atoms with Gasteiger partial charge in [0, 0.05) is 0 Å². The van der Waals surface area contributed by atoms with Gasteiger partial charge in [-0.25, -0.2) is 0 Å². The fourth-order valence-corrected chi connectivity index (χ4v) is 4.28. The molecule has 0 aromatic heterocycles. The van der Waals surface area contributed by atoms with E-state index in [9.17, 15) is 47.9 Å². The minimum atomic E-state index is -7.37. The second-order valence-electron chi connectivity index (χ2n) is 6.85. The maximum atomic E-state index is 13.6. The average Bonchev–Trinajstić information content (AvgIpc) is 2.32. The van der Waals surface area contributed by atoms with Gasteiger partial charge in [-0.2, -0.15) is 47.9 Å². The van der Waals surface area contributed by atoms with Crippen LogP contribution in [0.25, 0.3) is 0 Å². The second kappa shape index (κ2) is 6.83. The molecule has 0 saturated carbocycles. The van der Waals surface area contributed by atoms with Crippen molar-refractivity contribution in [3.8, 4) is 0 Å². The van der Waals surface area contributed by atoms with E-state index in [2.05, 4.69) is 10.8 Å². The van der Waals surface area contributed by atoms with E-state index in [1.807, 2.05) is 0 Å². The van der Waals surface area contributed by atoms with Crippen LogP contribution in [0.3, 0.4) is 0 Å². The lowest BCUT2D eigenvalue weighted by molar-refractivity contribution is -0.382. The van der Waals surface area contributed by atoms with Crippen molar-refractivity contribution < 1.29 is 56.5 Å². The first-order valence-electron chi connectivity index (χ1n) is 6.87. The lowest BCUT2D eigenvalue weighted by atomic mass is 10.1. The van der Waals surface area contributed by atoms with Crippen molar-refractivity contribution in [3.05, 3.63) is 12.3 Å². The molecule has 0 aliphatic rings. The third-order valence-electron chi connectivity index (χ3n) is 2.87. The fraction of sp³-hybridized carbons (Fsp3) is 0.833. The summed E-state index contributed by atoms with van der Waals surface area (Å²) < 4.78 is 147. The molecule has 27 heavy (non-hydrogen) atoms. The summed E-state index contributed by atoms with van der Waals surface area (Å²) in [4.78, 5) is 0. The summed E-state index contributed by atoms with van der Waals surface area (Å²) in [5, 5.41) is -6.95. The number of halogens is 9. The summed E-state index contributed by atoms with van der Waals surface area (Å²) >= 11 is 0. The van der Waals surface area contributed by atoms with E-state index >= 15 is 0 Å². The van der Waals surface area contributed by atoms with Crippen molar-refractivity contribution in [1.82, 2.24) is 0 Å². The second-order valence-corrected chi connectivity index (χ2v) is 12.9. The van der Waals surface area contributed by atoms with Crippen LogP contribution < -0.4 is 0 Å². The van der Waals surface area contributed by atoms with Crippen molar-refractivity contribution in [3.63, 3.8) is 0 Å². The van der Waals surface area contributed by atoms with Crippen LogP contribution in [0.4, 0.5) is 39.5 Å². The molecule has 15 heteroatoms. The van der Waals surface area contributed by atoms with Gasteiger partial charge in [-0.15, -0.1) is 0 Å². The highest BCUT2D eigenvalue weighted by atomic mass is 32.2. The van der Waals surface area contributed by atoms with Gasteiger partial charge in [-0.1, -0.05) is 6.58 Å². The largest absolute Gasteiger partial charge is 0.460 e.